The molecule has 176 valence electrons. The number of anilines is 2. The van der Waals surface area contributed by atoms with Crippen LogP contribution in [0.3, 0.4) is 0 Å². The summed E-state index contributed by atoms with van der Waals surface area (Å²) in [6, 6.07) is 12.8. The van der Waals surface area contributed by atoms with Gasteiger partial charge >= 0.3 is 0 Å². The lowest BCUT2D eigenvalue weighted by Crippen LogP contribution is -2.38. The van der Waals surface area contributed by atoms with Crippen LogP contribution in [-0.4, -0.2) is 55.9 Å². The van der Waals surface area contributed by atoms with Gasteiger partial charge in [-0.05, 0) is 56.8 Å². The second kappa shape index (κ2) is 11.4. The number of nitrogens with zero attached hydrogens (tertiary/aromatic N) is 3. The summed E-state index contributed by atoms with van der Waals surface area (Å²) in [5, 5.41) is 6.26. The minimum Gasteiger partial charge on any atom is -0.370 e. The number of halogens is 2. The summed E-state index contributed by atoms with van der Waals surface area (Å²) in [6.07, 6.45) is 1.65. The van der Waals surface area contributed by atoms with Gasteiger partial charge < -0.3 is 26.2 Å². The highest BCUT2D eigenvalue weighted by atomic mass is 35.5. The van der Waals surface area contributed by atoms with Crippen LogP contribution in [0, 0.1) is 0 Å². The zero-order valence-corrected chi connectivity index (χ0v) is 20.2. The summed E-state index contributed by atoms with van der Waals surface area (Å²) < 4.78 is 0. The molecule has 0 bridgehead atoms. The number of nitrogens with two attached hydrogens (primary N) is 1. The van der Waals surface area contributed by atoms with Crippen molar-refractivity contribution in [3.05, 3.63) is 58.1 Å². The molecule has 1 atom stereocenters. The number of guanidine groups is 1. The fraction of sp³-hybridized carbons (Fsp3) is 0.348. The van der Waals surface area contributed by atoms with Crippen LogP contribution < -0.4 is 21.3 Å². The van der Waals surface area contributed by atoms with Crippen molar-refractivity contribution in [3.8, 4) is 0 Å². The minimum atomic E-state index is -0.332. The van der Waals surface area contributed by atoms with Crippen molar-refractivity contribution >= 4 is 52.4 Å². The lowest BCUT2D eigenvalue weighted by molar-refractivity contribution is -0.119. The number of benzene rings is 2. The monoisotopic (exact) mass is 490 g/mol. The zero-order chi connectivity index (χ0) is 24.0. The van der Waals surface area contributed by atoms with Gasteiger partial charge in [0.2, 0.25) is 5.91 Å². The molecule has 1 unspecified atom stereocenters. The standard InChI is InChI=1S/C23H28Cl2N6O2/c1-30(2)14-20(32)28-21-17(24)11-15(12-18(21)25)13-27-23(26)29-22(33)19-9-6-10-31(19)16-7-4-3-5-8-16/h3-5,7-8,11-12,19H,6,9-10,13-14H2,1-2H3,(H,28,32)(H3,26,27,29,33). The van der Waals surface area contributed by atoms with Crippen molar-refractivity contribution in [3.63, 3.8) is 0 Å². The molecule has 0 aliphatic carbocycles. The average molecular weight is 491 g/mol. The Bertz CT molecular complexity index is 1010. The summed E-state index contributed by atoms with van der Waals surface area (Å²) in [6.45, 7) is 1.28. The first-order valence-corrected chi connectivity index (χ1v) is 11.4. The molecule has 2 amide bonds. The van der Waals surface area contributed by atoms with Gasteiger partial charge in [0.05, 0.1) is 22.3 Å². The SMILES string of the molecule is CN(C)CC(=O)Nc1c(Cl)cc(CNC(N)=NC(=O)C2CCCN2c2ccccc2)cc1Cl. The van der Waals surface area contributed by atoms with Gasteiger partial charge in [-0.1, -0.05) is 41.4 Å². The molecule has 0 spiro atoms. The van der Waals surface area contributed by atoms with E-state index < -0.39 is 0 Å². The van der Waals surface area contributed by atoms with E-state index in [9.17, 15) is 9.59 Å². The molecular weight excluding hydrogens is 463 g/mol. The maximum atomic E-state index is 12.7. The highest BCUT2D eigenvalue weighted by Gasteiger charge is 2.30. The van der Waals surface area contributed by atoms with Crippen LogP contribution in [0.4, 0.5) is 11.4 Å². The summed E-state index contributed by atoms with van der Waals surface area (Å²) in [7, 11) is 3.58. The average Bonchev–Trinajstić information content (AvgIpc) is 3.25. The molecule has 8 nitrogen and oxygen atoms in total. The Morgan fingerprint density at radius 2 is 1.85 bits per heavy atom. The van der Waals surface area contributed by atoms with Crippen molar-refractivity contribution < 1.29 is 9.59 Å². The third-order valence-corrected chi connectivity index (χ3v) is 5.75. The predicted molar refractivity (Wildman–Crippen MR) is 134 cm³/mol. The molecule has 2 aromatic rings. The molecule has 0 saturated carbocycles. The quantitative estimate of drug-likeness (QED) is 0.407. The van der Waals surface area contributed by atoms with E-state index in [2.05, 4.69) is 20.5 Å². The van der Waals surface area contributed by atoms with Gasteiger partial charge in [0.15, 0.2) is 5.96 Å². The van der Waals surface area contributed by atoms with E-state index >= 15 is 0 Å². The van der Waals surface area contributed by atoms with E-state index in [1.165, 1.54) is 0 Å². The lowest BCUT2D eigenvalue weighted by atomic mass is 10.2. The number of amides is 2. The van der Waals surface area contributed by atoms with Crippen LogP contribution in [0.2, 0.25) is 10.0 Å². The van der Waals surface area contributed by atoms with Crippen LogP contribution in [0.15, 0.2) is 47.5 Å². The number of aliphatic imine (C=N–C) groups is 1. The van der Waals surface area contributed by atoms with Gasteiger partial charge in [-0.15, -0.1) is 0 Å². The lowest BCUT2D eigenvalue weighted by Gasteiger charge is -2.24. The second-order valence-corrected chi connectivity index (χ2v) is 8.91. The molecule has 1 aliphatic heterocycles. The fourth-order valence-corrected chi connectivity index (χ4v) is 4.32. The molecule has 1 saturated heterocycles. The molecule has 0 aromatic heterocycles. The van der Waals surface area contributed by atoms with E-state index in [-0.39, 0.29) is 36.9 Å². The van der Waals surface area contributed by atoms with Gasteiger partial charge in [-0.25, -0.2) is 0 Å². The number of rotatable bonds is 7. The van der Waals surface area contributed by atoms with Crippen molar-refractivity contribution in [2.45, 2.75) is 25.4 Å². The maximum absolute atomic E-state index is 12.7. The first kappa shape index (κ1) is 24.8. The molecule has 1 heterocycles. The Morgan fingerprint density at radius 3 is 2.48 bits per heavy atom. The first-order valence-electron chi connectivity index (χ1n) is 10.6. The van der Waals surface area contributed by atoms with Crippen molar-refractivity contribution in [1.29, 1.82) is 0 Å². The Kier molecular flexibility index (Phi) is 8.55. The second-order valence-electron chi connectivity index (χ2n) is 8.10. The Morgan fingerprint density at radius 1 is 1.18 bits per heavy atom. The third kappa shape index (κ3) is 6.83. The number of para-hydroxylation sites is 1. The Hall–Kier alpha value is -2.81. The van der Waals surface area contributed by atoms with Crippen molar-refractivity contribution in [1.82, 2.24) is 10.2 Å². The number of nitrogens with one attached hydrogen (secondary N) is 2. The van der Waals surface area contributed by atoms with Crippen LogP contribution in [0.25, 0.3) is 0 Å². The molecule has 1 fully saturated rings. The summed E-state index contributed by atoms with van der Waals surface area (Å²) in [5.74, 6) is -0.479. The van der Waals surface area contributed by atoms with Crippen LogP contribution in [-0.2, 0) is 16.1 Å². The van der Waals surface area contributed by atoms with Crippen LogP contribution >= 0.6 is 23.2 Å². The molecule has 4 N–H and O–H groups in total. The first-order chi connectivity index (χ1) is 15.7. The van der Waals surface area contributed by atoms with Gasteiger partial charge in [0.1, 0.15) is 6.04 Å². The third-order valence-electron chi connectivity index (χ3n) is 5.16. The van der Waals surface area contributed by atoms with E-state index in [0.29, 0.717) is 15.7 Å². The van der Waals surface area contributed by atoms with Gasteiger partial charge in [-0.2, -0.15) is 4.99 Å². The van der Waals surface area contributed by atoms with Crippen molar-refractivity contribution in [2.24, 2.45) is 10.7 Å². The van der Waals surface area contributed by atoms with Crippen molar-refractivity contribution in [2.75, 3.05) is 37.4 Å². The topological polar surface area (TPSA) is 103 Å². The number of carbonyl (C=O) groups is 2. The number of hydrogen-bond donors (Lipinski definition) is 3. The predicted octanol–water partition coefficient (Wildman–Crippen LogP) is 3.09. The van der Waals surface area contributed by atoms with E-state index in [0.717, 1.165) is 30.6 Å². The summed E-state index contributed by atoms with van der Waals surface area (Å²) in [4.78, 5) is 32.6. The van der Waals surface area contributed by atoms with Crippen LogP contribution in [0.5, 0.6) is 0 Å². The van der Waals surface area contributed by atoms with Gasteiger partial charge in [-0.3, -0.25) is 9.59 Å². The molecule has 3 rings (SSSR count). The summed E-state index contributed by atoms with van der Waals surface area (Å²) in [5.41, 5.74) is 8.05. The van der Waals surface area contributed by atoms with Crippen LogP contribution in [0.1, 0.15) is 18.4 Å². The zero-order valence-electron chi connectivity index (χ0n) is 18.6. The molecular formula is C23H28Cl2N6O2. The fourth-order valence-electron chi connectivity index (χ4n) is 3.69. The largest absolute Gasteiger partial charge is 0.370 e. The molecule has 10 heteroatoms. The molecule has 2 aromatic carbocycles. The number of hydrogen-bond acceptors (Lipinski definition) is 4. The Balaban J connectivity index is 1.61. The van der Waals surface area contributed by atoms with E-state index in [1.807, 2.05) is 30.3 Å². The van der Waals surface area contributed by atoms with E-state index in [1.54, 1.807) is 31.1 Å². The minimum absolute atomic E-state index is 0.0236. The number of carbonyl (C=O) groups excluding carboxylic acids is 2. The highest BCUT2D eigenvalue weighted by Crippen LogP contribution is 2.32. The normalized spacial score (nSPS) is 16.2. The maximum Gasteiger partial charge on any atom is 0.271 e. The smallest absolute Gasteiger partial charge is 0.271 e. The van der Waals surface area contributed by atoms with E-state index in [4.69, 9.17) is 28.9 Å². The number of likely N-dealkylation sites (N-methyl/N-ethyl adjacent to an activating group) is 1. The summed E-state index contributed by atoms with van der Waals surface area (Å²) >= 11 is 12.6. The molecule has 1 aliphatic rings. The molecule has 33 heavy (non-hydrogen) atoms. The molecule has 0 radical (unpaired) electrons. The van der Waals surface area contributed by atoms with Gasteiger partial charge in [0, 0.05) is 18.8 Å². The van der Waals surface area contributed by atoms with Gasteiger partial charge in [0.25, 0.3) is 5.91 Å². The highest BCUT2D eigenvalue weighted by molar-refractivity contribution is 6.39. The Labute approximate surface area is 203 Å².